The first-order valence-electron chi connectivity index (χ1n) is 6.38. The molecule has 3 nitrogen and oxygen atoms in total. The highest BCUT2D eigenvalue weighted by Crippen LogP contribution is 2.23. The largest absolute Gasteiger partial charge is 0.378 e. The summed E-state index contributed by atoms with van der Waals surface area (Å²) < 4.78 is 0. The van der Waals surface area contributed by atoms with E-state index in [9.17, 15) is 0 Å². The Balaban J connectivity index is 2.14. The van der Waals surface area contributed by atoms with Crippen LogP contribution in [0.25, 0.3) is 0 Å². The van der Waals surface area contributed by atoms with Gasteiger partial charge in [0.1, 0.15) is 0 Å². The van der Waals surface area contributed by atoms with Crippen molar-refractivity contribution in [3.63, 3.8) is 0 Å². The van der Waals surface area contributed by atoms with E-state index in [1.165, 1.54) is 11.4 Å². The van der Waals surface area contributed by atoms with Crippen molar-refractivity contribution in [2.24, 2.45) is 0 Å². The number of rotatable bonds is 4. The van der Waals surface area contributed by atoms with E-state index in [4.69, 9.17) is 0 Å². The zero-order valence-electron chi connectivity index (χ0n) is 12.0. The Hall–Kier alpha value is -2.16. The number of benzene rings is 2. The highest BCUT2D eigenvalue weighted by Gasteiger charge is 1.99. The van der Waals surface area contributed by atoms with Gasteiger partial charge in [-0.05, 0) is 42.5 Å². The highest BCUT2D eigenvalue weighted by atomic mass is 15.1. The van der Waals surface area contributed by atoms with Gasteiger partial charge in [-0.2, -0.15) is 0 Å². The molecule has 0 bridgehead atoms. The van der Waals surface area contributed by atoms with Gasteiger partial charge in [-0.15, -0.1) is 0 Å². The summed E-state index contributed by atoms with van der Waals surface area (Å²) in [5.41, 5.74) is 4.59. The topological polar surface area (TPSA) is 18.5 Å². The van der Waals surface area contributed by atoms with Crippen LogP contribution >= 0.6 is 0 Å². The Morgan fingerprint density at radius 2 is 1.32 bits per heavy atom. The molecule has 2 aromatic rings. The Bertz CT molecular complexity index is 530. The third-order valence-electron chi connectivity index (χ3n) is 3.03. The molecular formula is C16H21N3. The summed E-state index contributed by atoms with van der Waals surface area (Å²) in [7, 11) is 8.18. The summed E-state index contributed by atoms with van der Waals surface area (Å²) in [6.45, 7) is 0. The van der Waals surface area contributed by atoms with Gasteiger partial charge in [-0.25, -0.2) is 0 Å². The second-order valence-electron chi connectivity index (χ2n) is 5.01. The normalized spacial score (nSPS) is 10.1. The molecule has 2 aromatic carbocycles. The predicted molar refractivity (Wildman–Crippen MR) is 84.8 cm³/mol. The zero-order chi connectivity index (χ0) is 13.8. The molecule has 0 aliphatic heterocycles. The van der Waals surface area contributed by atoms with Gasteiger partial charge >= 0.3 is 0 Å². The number of nitrogens with one attached hydrogen (secondary N) is 1. The highest BCUT2D eigenvalue weighted by molar-refractivity contribution is 5.66. The van der Waals surface area contributed by atoms with E-state index in [1.54, 1.807) is 0 Å². The van der Waals surface area contributed by atoms with Crippen molar-refractivity contribution < 1.29 is 0 Å². The maximum absolute atomic E-state index is 3.42. The average Bonchev–Trinajstić information content (AvgIpc) is 2.39. The SMILES string of the molecule is CN(C)c1ccc(Nc2cccc(N(C)C)c2)cc1. The second kappa shape index (κ2) is 5.65. The molecule has 100 valence electrons. The number of hydrogen-bond donors (Lipinski definition) is 1. The van der Waals surface area contributed by atoms with Gasteiger partial charge in [0.15, 0.2) is 0 Å². The third-order valence-corrected chi connectivity index (χ3v) is 3.03. The van der Waals surface area contributed by atoms with Crippen LogP contribution in [0, 0.1) is 0 Å². The van der Waals surface area contributed by atoms with E-state index < -0.39 is 0 Å². The molecule has 0 aromatic heterocycles. The van der Waals surface area contributed by atoms with Gasteiger partial charge in [0.2, 0.25) is 0 Å². The molecule has 0 amide bonds. The van der Waals surface area contributed by atoms with Gasteiger partial charge in [-0.1, -0.05) is 6.07 Å². The Morgan fingerprint density at radius 1 is 0.684 bits per heavy atom. The van der Waals surface area contributed by atoms with Crippen LogP contribution in [0.15, 0.2) is 48.5 Å². The molecule has 0 atom stereocenters. The molecule has 0 aliphatic carbocycles. The lowest BCUT2D eigenvalue weighted by Gasteiger charge is -2.15. The van der Waals surface area contributed by atoms with Crippen molar-refractivity contribution in [2.75, 3.05) is 43.3 Å². The van der Waals surface area contributed by atoms with Crippen LogP contribution in [0.1, 0.15) is 0 Å². The average molecular weight is 255 g/mol. The lowest BCUT2D eigenvalue weighted by molar-refractivity contribution is 1.13. The summed E-state index contributed by atoms with van der Waals surface area (Å²) in [6.07, 6.45) is 0. The summed E-state index contributed by atoms with van der Waals surface area (Å²) in [5, 5.41) is 3.42. The van der Waals surface area contributed by atoms with Crippen molar-refractivity contribution in [1.29, 1.82) is 0 Å². The fourth-order valence-corrected chi connectivity index (χ4v) is 1.87. The van der Waals surface area contributed by atoms with Crippen LogP contribution in [0.2, 0.25) is 0 Å². The van der Waals surface area contributed by atoms with Gasteiger partial charge in [0.05, 0.1) is 0 Å². The van der Waals surface area contributed by atoms with Crippen LogP contribution in [-0.4, -0.2) is 28.2 Å². The molecule has 0 fully saturated rings. The summed E-state index contributed by atoms with van der Waals surface area (Å²) in [4.78, 5) is 4.19. The molecular weight excluding hydrogens is 234 g/mol. The molecule has 0 saturated heterocycles. The molecule has 0 spiro atoms. The second-order valence-corrected chi connectivity index (χ2v) is 5.01. The van der Waals surface area contributed by atoms with Crippen molar-refractivity contribution in [3.8, 4) is 0 Å². The molecule has 0 unspecified atom stereocenters. The minimum atomic E-state index is 1.10. The standard InChI is InChI=1S/C16H21N3/c1-18(2)15-10-8-13(9-11-15)17-14-6-5-7-16(12-14)19(3)4/h5-12,17H,1-4H3. The van der Waals surface area contributed by atoms with Gasteiger partial charge in [0.25, 0.3) is 0 Å². The first-order chi connectivity index (χ1) is 9.06. The Kier molecular flexibility index (Phi) is 3.95. The fourth-order valence-electron chi connectivity index (χ4n) is 1.87. The summed E-state index contributed by atoms with van der Waals surface area (Å²) in [5.74, 6) is 0. The van der Waals surface area contributed by atoms with Gasteiger partial charge in [-0.3, -0.25) is 0 Å². The Labute approximate surface area is 115 Å². The zero-order valence-corrected chi connectivity index (χ0v) is 12.0. The maximum Gasteiger partial charge on any atom is 0.0405 e. The Morgan fingerprint density at radius 3 is 1.89 bits per heavy atom. The number of nitrogens with zero attached hydrogens (tertiary/aromatic N) is 2. The molecule has 3 heteroatoms. The molecule has 0 radical (unpaired) electrons. The van der Waals surface area contributed by atoms with Crippen LogP contribution in [0.5, 0.6) is 0 Å². The van der Waals surface area contributed by atoms with Gasteiger partial charge < -0.3 is 15.1 Å². The van der Waals surface area contributed by atoms with Crippen LogP contribution < -0.4 is 15.1 Å². The van der Waals surface area contributed by atoms with Crippen molar-refractivity contribution >= 4 is 22.7 Å². The molecule has 2 rings (SSSR count). The summed E-state index contributed by atoms with van der Waals surface area (Å²) in [6, 6.07) is 16.8. The smallest absolute Gasteiger partial charge is 0.0405 e. The lowest BCUT2D eigenvalue weighted by Crippen LogP contribution is -2.09. The monoisotopic (exact) mass is 255 g/mol. The quantitative estimate of drug-likeness (QED) is 0.901. The van der Waals surface area contributed by atoms with Gasteiger partial charge in [0, 0.05) is 50.9 Å². The van der Waals surface area contributed by atoms with Crippen molar-refractivity contribution in [2.45, 2.75) is 0 Å². The van der Waals surface area contributed by atoms with E-state index in [-0.39, 0.29) is 0 Å². The molecule has 1 N–H and O–H groups in total. The fraction of sp³-hybridized carbons (Fsp3) is 0.250. The first kappa shape index (κ1) is 13.3. The van der Waals surface area contributed by atoms with Crippen molar-refractivity contribution in [1.82, 2.24) is 0 Å². The number of hydrogen-bond acceptors (Lipinski definition) is 3. The molecule has 0 heterocycles. The van der Waals surface area contributed by atoms with E-state index >= 15 is 0 Å². The molecule has 0 aliphatic rings. The molecule has 0 saturated carbocycles. The molecule has 19 heavy (non-hydrogen) atoms. The van der Waals surface area contributed by atoms with E-state index in [0.717, 1.165) is 11.4 Å². The minimum Gasteiger partial charge on any atom is -0.378 e. The minimum absolute atomic E-state index is 1.10. The van der Waals surface area contributed by atoms with Crippen molar-refractivity contribution in [3.05, 3.63) is 48.5 Å². The maximum atomic E-state index is 3.42. The summed E-state index contributed by atoms with van der Waals surface area (Å²) >= 11 is 0. The van der Waals surface area contributed by atoms with Crippen LogP contribution in [0.4, 0.5) is 22.7 Å². The van der Waals surface area contributed by atoms with Crippen LogP contribution in [-0.2, 0) is 0 Å². The van der Waals surface area contributed by atoms with E-state index in [1.807, 2.05) is 28.2 Å². The van der Waals surface area contributed by atoms with Crippen LogP contribution in [0.3, 0.4) is 0 Å². The van der Waals surface area contributed by atoms with E-state index in [2.05, 4.69) is 63.6 Å². The third kappa shape index (κ3) is 3.41. The number of anilines is 4. The lowest BCUT2D eigenvalue weighted by atomic mass is 10.2. The van der Waals surface area contributed by atoms with E-state index in [0.29, 0.717) is 0 Å². The predicted octanol–water partition coefficient (Wildman–Crippen LogP) is 3.56. The first-order valence-corrected chi connectivity index (χ1v) is 6.38.